The Morgan fingerprint density at radius 2 is 1.44 bits per heavy atom. The van der Waals surface area contributed by atoms with Crippen LogP contribution in [0.25, 0.3) is 44.2 Å². The summed E-state index contributed by atoms with van der Waals surface area (Å²) in [6, 6.07) is 31.4. The molecule has 1 N–H and O–H groups in total. The van der Waals surface area contributed by atoms with Crippen molar-refractivity contribution in [3.63, 3.8) is 0 Å². The van der Waals surface area contributed by atoms with Gasteiger partial charge in [0.2, 0.25) is 10.0 Å². The summed E-state index contributed by atoms with van der Waals surface area (Å²) in [6.07, 6.45) is 2.98. The minimum absolute atomic E-state index is 0.122. The normalized spacial score (nSPS) is 12.1. The van der Waals surface area contributed by atoms with Crippen LogP contribution in [-0.2, 0) is 25.6 Å². The fourth-order valence-electron chi connectivity index (χ4n) is 5.09. The number of sulfone groups is 1. The number of benzene rings is 4. The van der Waals surface area contributed by atoms with Gasteiger partial charge in [-0.05, 0) is 53.1 Å². The summed E-state index contributed by atoms with van der Waals surface area (Å²) >= 11 is 0. The summed E-state index contributed by atoms with van der Waals surface area (Å²) < 4.78 is 51.6. The van der Waals surface area contributed by atoms with E-state index in [1.165, 1.54) is 17.6 Å². The molecule has 9 heteroatoms. The fraction of sp³-hybridized carbons (Fsp3) is 0.0938. The molecule has 0 radical (unpaired) electrons. The number of fused-ring (bicyclic) bond motifs is 3. The number of nitrogens with one attached hydrogen (secondary N) is 1. The van der Waals surface area contributed by atoms with Crippen LogP contribution in [0.2, 0.25) is 0 Å². The number of hydrogen-bond acceptors (Lipinski definition) is 5. The van der Waals surface area contributed by atoms with Crippen LogP contribution in [0, 0.1) is 0 Å². The molecule has 0 saturated heterocycles. The Morgan fingerprint density at radius 3 is 2.10 bits per heavy atom. The van der Waals surface area contributed by atoms with Gasteiger partial charge in [0.25, 0.3) is 0 Å². The van der Waals surface area contributed by atoms with Gasteiger partial charge in [0.05, 0.1) is 22.6 Å². The van der Waals surface area contributed by atoms with Gasteiger partial charge < -0.3 is 4.98 Å². The highest BCUT2D eigenvalue weighted by Crippen LogP contribution is 2.41. The molecule has 0 fully saturated rings. The molecular weight excluding hydrogens is 555 g/mol. The van der Waals surface area contributed by atoms with Gasteiger partial charge in [0.15, 0.2) is 9.84 Å². The third-order valence-electron chi connectivity index (χ3n) is 7.25. The summed E-state index contributed by atoms with van der Waals surface area (Å²) in [5.41, 5.74) is 6.47. The zero-order chi connectivity index (χ0) is 28.8. The maximum absolute atomic E-state index is 13.1. The standard InChI is InChI=1S/C32H27N3O4S2/c1-35(40(2,36)37)25-16-14-23(15-17-25)28-20-33-32-31(30(28)24-9-5-3-6-10-24)27-19-22(13-18-29(27)34-32)21-41(38,39)26-11-7-4-8-12-26/h3-20H,21H2,1-2H3,(H,33,34). The van der Waals surface area contributed by atoms with Crippen LogP contribution in [0.15, 0.2) is 114 Å². The van der Waals surface area contributed by atoms with Crippen molar-refractivity contribution in [2.24, 2.45) is 0 Å². The Bertz CT molecular complexity index is 2110. The summed E-state index contributed by atoms with van der Waals surface area (Å²) in [5.74, 6) is -0.122. The summed E-state index contributed by atoms with van der Waals surface area (Å²) in [6.45, 7) is 0. The van der Waals surface area contributed by atoms with Gasteiger partial charge in [0, 0.05) is 40.7 Å². The van der Waals surface area contributed by atoms with E-state index >= 15 is 0 Å². The predicted molar refractivity (Wildman–Crippen MR) is 165 cm³/mol. The van der Waals surface area contributed by atoms with E-state index in [9.17, 15) is 16.8 Å². The van der Waals surface area contributed by atoms with E-state index in [1.54, 1.807) is 42.5 Å². The predicted octanol–water partition coefficient (Wildman–Crippen LogP) is 6.42. The van der Waals surface area contributed by atoms with E-state index in [-0.39, 0.29) is 10.6 Å². The molecule has 0 aliphatic rings. The van der Waals surface area contributed by atoms with Crippen LogP contribution in [0.5, 0.6) is 0 Å². The Kier molecular flexibility index (Phi) is 6.63. The highest BCUT2D eigenvalue weighted by molar-refractivity contribution is 7.92. The highest BCUT2D eigenvalue weighted by Gasteiger charge is 2.20. The van der Waals surface area contributed by atoms with E-state index in [0.29, 0.717) is 16.9 Å². The zero-order valence-electron chi connectivity index (χ0n) is 22.4. The smallest absolute Gasteiger partial charge is 0.231 e. The molecule has 0 amide bonds. The van der Waals surface area contributed by atoms with Crippen LogP contribution in [-0.4, -0.2) is 40.1 Å². The molecular formula is C32H27N3O4S2. The van der Waals surface area contributed by atoms with Crippen molar-refractivity contribution in [3.8, 4) is 22.3 Å². The minimum Gasteiger partial charge on any atom is -0.339 e. The molecule has 7 nitrogen and oxygen atoms in total. The third-order valence-corrected chi connectivity index (χ3v) is 10.2. The van der Waals surface area contributed by atoms with Crippen molar-refractivity contribution < 1.29 is 16.8 Å². The number of sulfonamides is 1. The summed E-state index contributed by atoms with van der Waals surface area (Å²) in [7, 11) is -5.39. The van der Waals surface area contributed by atoms with E-state index in [0.717, 1.165) is 38.5 Å². The highest BCUT2D eigenvalue weighted by atomic mass is 32.2. The number of rotatable bonds is 7. The van der Waals surface area contributed by atoms with Crippen LogP contribution >= 0.6 is 0 Å². The zero-order valence-corrected chi connectivity index (χ0v) is 24.1. The Morgan fingerprint density at radius 1 is 0.780 bits per heavy atom. The van der Waals surface area contributed by atoms with Gasteiger partial charge in [-0.15, -0.1) is 0 Å². The summed E-state index contributed by atoms with van der Waals surface area (Å²) in [4.78, 5) is 8.43. The quantitative estimate of drug-likeness (QED) is 0.235. The number of aromatic nitrogens is 2. The van der Waals surface area contributed by atoms with E-state index in [4.69, 9.17) is 4.98 Å². The van der Waals surface area contributed by atoms with Gasteiger partial charge in [-0.1, -0.05) is 66.7 Å². The number of H-pyrrole nitrogens is 1. The molecule has 0 aliphatic carbocycles. The van der Waals surface area contributed by atoms with Crippen LogP contribution in [0.3, 0.4) is 0 Å². The molecule has 0 atom stereocenters. The second-order valence-electron chi connectivity index (χ2n) is 9.99. The minimum atomic E-state index is -3.53. The Balaban J connectivity index is 1.54. The first-order valence-electron chi connectivity index (χ1n) is 12.9. The van der Waals surface area contributed by atoms with Gasteiger partial charge >= 0.3 is 0 Å². The average Bonchev–Trinajstić information content (AvgIpc) is 3.34. The second kappa shape index (κ2) is 10.2. The molecule has 206 valence electrons. The second-order valence-corrected chi connectivity index (χ2v) is 14.0. The Hall–Kier alpha value is -4.47. The molecule has 0 saturated carbocycles. The third kappa shape index (κ3) is 5.10. The van der Waals surface area contributed by atoms with Crippen molar-refractivity contribution in [2.75, 3.05) is 17.6 Å². The van der Waals surface area contributed by atoms with Crippen LogP contribution in [0.1, 0.15) is 5.56 Å². The van der Waals surface area contributed by atoms with Crippen molar-refractivity contribution in [1.29, 1.82) is 0 Å². The van der Waals surface area contributed by atoms with Crippen molar-refractivity contribution in [2.45, 2.75) is 10.6 Å². The summed E-state index contributed by atoms with van der Waals surface area (Å²) in [5, 5.41) is 1.77. The lowest BCUT2D eigenvalue weighted by atomic mass is 9.92. The Labute approximate surface area is 239 Å². The lowest BCUT2D eigenvalue weighted by Gasteiger charge is -2.17. The number of anilines is 1. The molecule has 4 aromatic carbocycles. The largest absolute Gasteiger partial charge is 0.339 e. The first-order chi connectivity index (χ1) is 19.6. The van der Waals surface area contributed by atoms with Crippen molar-refractivity contribution in [1.82, 2.24) is 9.97 Å². The molecule has 2 heterocycles. The van der Waals surface area contributed by atoms with Crippen molar-refractivity contribution >= 4 is 47.5 Å². The number of pyridine rings is 1. The number of aromatic amines is 1. The number of hydrogen-bond donors (Lipinski definition) is 1. The first-order valence-corrected chi connectivity index (χ1v) is 16.4. The monoisotopic (exact) mass is 581 g/mol. The SMILES string of the molecule is CN(c1ccc(-c2cnc3[nH]c4ccc(CS(=O)(=O)c5ccccc5)cc4c3c2-c2ccccc2)cc1)S(C)(=O)=O. The van der Waals surface area contributed by atoms with E-state index < -0.39 is 19.9 Å². The molecule has 41 heavy (non-hydrogen) atoms. The molecule has 0 spiro atoms. The maximum Gasteiger partial charge on any atom is 0.231 e. The molecule has 2 aromatic heterocycles. The maximum atomic E-state index is 13.1. The van der Waals surface area contributed by atoms with E-state index in [2.05, 4.69) is 4.98 Å². The number of nitrogens with zero attached hydrogens (tertiary/aromatic N) is 2. The van der Waals surface area contributed by atoms with E-state index in [1.807, 2.05) is 66.9 Å². The average molecular weight is 582 g/mol. The first kappa shape index (κ1) is 26.7. The molecule has 0 unspecified atom stereocenters. The van der Waals surface area contributed by atoms with Crippen molar-refractivity contribution in [3.05, 3.63) is 115 Å². The fourth-order valence-corrected chi connectivity index (χ4v) is 6.95. The topological polar surface area (TPSA) is 100 Å². The molecule has 6 aromatic rings. The lowest BCUT2D eigenvalue weighted by Crippen LogP contribution is -2.24. The lowest BCUT2D eigenvalue weighted by molar-refractivity contribution is 0.595. The van der Waals surface area contributed by atoms with Crippen LogP contribution < -0.4 is 4.31 Å². The van der Waals surface area contributed by atoms with Crippen LogP contribution in [0.4, 0.5) is 5.69 Å². The van der Waals surface area contributed by atoms with Gasteiger partial charge in [-0.2, -0.15) is 0 Å². The van der Waals surface area contributed by atoms with Gasteiger partial charge in [0.1, 0.15) is 5.65 Å². The molecule has 6 rings (SSSR count). The van der Waals surface area contributed by atoms with Gasteiger partial charge in [-0.3, -0.25) is 4.31 Å². The van der Waals surface area contributed by atoms with Gasteiger partial charge in [-0.25, -0.2) is 21.8 Å². The molecule has 0 bridgehead atoms. The molecule has 0 aliphatic heterocycles.